The van der Waals surface area contributed by atoms with Crippen molar-refractivity contribution in [3.05, 3.63) is 0 Å². The van der Waals surface area contributed by atoms with Gasteiger partial charge >= 0.3 is 5.97 Å². The highest BCUT2D eigenvalue weighted by molar-refractivity contribution is 5.90. The monoisotopic (exact) mass is 454 g/mol. The van der Waals surface area contributed by atoms with Crippen LogP contribution in [0, 0.1) is 0 Å². The fourth-order valence-corrected chi connectivity index (χ4v) is 3.77. The first kappa shape index (κ1) is 30.2. The van der Waals surface area contributed by atoms with Crippen molar-refractivity contribution in [3.8, 4) is 0 Å². The molecule has 4 N–H and O–H groups in total. The van der Waals surface area contributed by atoms with E-state index in [2.05, 4.69) is 5.32 Å². The molecule has 0 saturated heterocycles. The number of aliphatic carboxylic acids is 1. The van der Waals surface area contributed by atoms with Crippen molar-refractivity contribution in [3.63, 3.8) is 0 Å². The van der Waals surface area contributed by atoms with Crippen molar-refractivity contribution in [1.82, 2.24) is 5.32 Å². The number of nitrogens with one attached hydrogen (secondary N) is 1. The number of rotatable bonds is 23. The van der Waals surface area contributed by atoms with Gasteiger partial charge in [0.05, 0.1) is 12.6 Å². The van der Waals surface area contributed by atoms with Crippen molar-refractivity contribution < 1.29 is 24.3 Å². The van der Waals surface area contributed by atoms with Gasteiger partial charge in [0, 0.05) is 19.3 Å². The van der Waals surface area contributed by atoms with E-state index in [1.54, 1.807) is 6.92 Å². The summed E-state index contributed by atoms with van der Waals surface area (Å²) < 4.78 is 0. The Kier molecular flexibility index (Phi) is 19.9. The van der Waals surface area contributed by atoms with Gasteiger partial charge in [-0.25, -0.2) is 0 Å². The number of carbonyl (C=O) groups excluding carboxylic acids is 3. The molecule has 0 heterocycles. The Labute approximate surface area is 194 Å². The van der Waals surface area contributed by atoms with E-state index in [1.807, 2.05) is 0 Å². The molecule has 0 aromatic rings. The van der Waals surface area contributed by atoms with Crippen LogP contribution in [0.3, 0.4) is 0 Å². The van der Waals surface area contributed by atoms with Gasteiger partial charge in [-0.2, -0.15) is 0 Å². The number of hydrogen-bond acceptors (Lipinski definition) is 5. The smallest absolute Gasteiger partial charge is 0.303 e. The SMILES string of the molecule is CC(=O)CCCCCCCCCCCCCCCCC(=O)N[C@@H](CCC(=O)O)C(=O)CN. The Bertz CT molecular complexity index is 536. The summed E-state index contributed by atoms with van der Waals surface area (Å²) in [4.78, 5) is 45.3. The van der Waals surface area contributed by atoms with Crippen LogP contribution >= 0.6 is 0 Å². The van der Waals surface area contributed by atoms with Crippen LogP contribution in [0.4, 0.5) is 0 Å². The van der Waals surface area contributed by atoms with Gasteiger partial charge in [-0.1, -0.05) is 77.0 Å². The largest absolute Gasteiger partial charge is 0.481 e. The number of carbonyl (C=O) groups is 4. The zero-order valence-corrected chi connectivity index (χ0v) is 20.2. The molecular formula is C25H46N2O5. The van der Waals surface area contributed by atoms with Crippen LogP contribution in [0.1, 0.15) is 122 Å². The Morgan fingerprint density at radius 1 is 0.688 bits per heavy atom. The van der Waals surface area contributed by atoms with E-state index < -0.39 is 12.0 Å². The Hall–Kier alpha value is -1.76. The molecule has 32 heavy (non-hydrogen) atoms. The van der Waals surface area contributed by atoms with E-state index in [4.69, 9.17) is 10.8 Å². The minimum absolute atomic E-state index is 0.0816. The molecule has 0 spiro atoms. The molecule has 186 valence electrons. The van der Waals surface area contributed by atoms with Crippen LogP contribution in [0.25, 0.3) is 0 Å². The van der Waals surface area contributed by atoms with Gasteiger partial charge in [0.25, 0.3) is 0 Å². The van der Waals surface area contributed by atoms with Gasteiger partial charge in [0.2, 0.25) is 5.91 Å². The van der Waals surface area contributed by atoms with Gasteiger partial charge in [0.1, 0.15) is 5.78 Å². The second-order valence-electron chi connectivity index (χ2n) is 8.87. The molecule has 1 atom stereocenters. The van der Waals surface area contributed by atoms with E-state index in [0.29, 0.717) is 12.2 Å². The van der Waals surface area contributed by atoms with Crippen LogP contribution in [-0.2, 0) is 19.2 Å². The minimum atomic E-state index is -0.994. The lowest BCUT2D eigenvalue weighted by Crippen LogP contribution is -2.43. The summed E-state index contributed by atoms with van der Waals surface area (Å²) in [6.45, 7) is 1.46. The van der Waals surface area contributed by atoms with Crippen molar-refractivity contribution in [2.45, 2.75) is 129 Å². The molecule has 7 heteroatoms. The van der Waals surface area contributed by atoms with Gasteiger partial charge in [-0.15, -0.1) is 0 Å². The zero-order valence-electron chi connectivity index (χ0n) is 20.2. The second kappa shape index (κ2) is 21.1. The molecule has 7 nitrogen and oxygen atoms in total. The Balaban J connectivity index is 3.51. The normalized spacial score (nSPS) is 11.8. The molecule has 0 bridgehead atoms. The van der Waals surface area contributed by atoms with E-state index in [0.717, 1.165) is 32.1 Å². The summed E-state index contributed by atoms with van der Waals surface area (Å²) >= 11 is 0. The minimum Gasteiger partial charge on any atom is -0.481 e. The van der Waals surface area contributed by atoms with Crippen LogP contribution in [0.2, 0.25) is 0 Å². The van der Waals surface area contributed by atoms with Gasteiger partial charge in [0.15, 0.2) is 5.78 Å². The van der Waals surface area contributed by atoms with Crippen molar-refractivity contribution >= 4 is 23.4 Å². The van der Waals surface area contributed by atoms with Gasteiger partial charge in [-0.3, -0.25) is 14.4 Å². The number of unbranched alkanes of at least 4 members (excludes halogenated alkanes) is 13. The quantitative estimate of drug-likeness (QED) is 0.192. The van der Waals surface area contributed by atoms with Gasteiger partial charge in [-0.05, 0) is 26.2 Å². The third kappa shape index (κ3) is 20.2. The third-order valence-corrected chi connectivity index (χ3v) is 5.75. The standard InChI is InChI=1S/C25H46N2O5/c1-21(28)16-14-12-10-8-6-4-2-3-5-7-9-11-13-15-17-24(30)27-22(23(29)20-26)18-19-25(31)32/h22H,2-20,26H2,1H3,(H,27,30)(H,31,32)/t22-/m0/s1. The maximum absolute atomic E-state index is 12.0. The summed E-state index contributed by atoms with van der Waals surface area (Å²) in [5.41, 5.74) is 5.34. The topological polar surface area (TPSA) is 127 Å². The number of Topliss-reactive ketones (excluding diaryl/α,β-unsaturated/α-hetero) is 2. The fourth-order valence-electron chi connectivity index (χ4n) is 3.77. The number of hydrogen-bond donors (Lipinski definition) is 3. The fraction of sp³-hybridized carbons (Fsp3) is 0.840. The average Bonchev–Trinajstić information content (AvgIpc) is 2.75. The molecule has 0 aliphatic carbocycles. The maximum atomic E-state index is 12.0. The predicted molar refractivity (Wildman–Crippen MR) is 127 cm³/mol. The van der Waals surface area contributed by atoms with Crippen LogP contribution in [0.15, 0.2) is 0 Å². The highest BCUT2D eigenvalue weighted by atomic mass is 16.4. The van der Waals surface area contributed by atoms with E-state index in [-0.39, 0.29) is 31.1 Å². The first-order valence-corrected chi connectivity index (χ1v) is 12.6. The third-order valence-electron chi connectivity index (χ3n) is 5.75. The number of nitrogens with two attached hydrogens (primary N) is 1. The molecule has 1 amide bonds. The molecular weight excluding hydrogens is 408 g/mol. The summed E-state index contributed by atoms with van der Waals surface area (Å²) in [7, 11) is 0. The molecule has 0 unspecified atom stereocenters. The first-order valence-electron chi connectivity index (χ1n) is 12.6. The lowest BCUT2D eigenvalue weighted by molar-refractivity contribution is -0.137. The summed E-state index contributed by atoms with van der Waals surface area (Å²) in [6.07, 6.45) is 17.5. The molecule has 0 rings (SSSR count). The molecule has 0 aromatic carbocycles. The van der Waals surface area contributed by atoms with E-state index >= 15 is 0 Å². The number of carboxylic acid groups (broad SMARTS) is 1. The van der Waals surface area contributed by atoms with Crippen LogP contribution in [0.5, 0.6) is 0 Å². The van der Waals surface area contributed by atoms with Crippen molar-refractivity contribution in [2.24, 2.45) is 5.73 Å². The molecule has 0 aliphatic rings. The summed E-state index contributed by atoms with van der Waals surface area (Å²) in [5.74, 6) is -1.23. The van der Waals surface area contributed by atoms with Crippen LogP contribution in [-0.4, -0.2) is 41.1 Å². The van der Waals surface area contributed by atoms with Crippen LogP contribution < -0.4 is 11.1 Å². The van der Waals surface area contributed by atoms with E-state index in [1.165, 1.54) is 64.2 Å². The first-order chi connectivity index (χ1) is 15.4. The lowest BCUT2D eigenvalue weighted by Gasteiger charge is -2.16. The highest BCUT2D eigenvalue weighted by Gasteiger charge is 2.20. The number of ketones is 2. The number of carboxylic acids is 1. The zero-order chi connectivity index (χ0) is 24.0. The molecule has 0 saturated carbocycles. The second-order valence-corrected chi connectivity index (χ2v) is 8.87. The lowest BCUT2D eigenvalue weighted by atomic mass is 10.0. The van der Waals surface area contributed by atoms with Crippen molar-refractivity contribution in [1.29, 1.82) is 0 Å². The molecule has 0 aromatic heterocycles. The summed E-state index contributed by atoms with van der Waals surface area (Å²) in [6, 6.07) is -0.796. The predicted octanol–water partition coefficient (Wildman–Crippen LogP) is 4.69. The van der Waals surface area contributed by atoms with Crippen molar-refractivity contribution in [2.75, 3.05) is 6.54 Å². The molecule has 0 radical (unpaired) electrons. The highest BCUT2D eigenvalue weighted by Crippen LogP contribution is 2.14. The van der Waals surface area contributed by atoms with Gasteiger partial charge < -0.3 is 21.0 Å². The maximum Gasteiger partial charge on any atom is 0.303 e. The number of amides is 1. The summed E-state index contributed by atoms with van der Waals surface area (Å²) in [5, 5.41) is 11.4. The molecule has 0 fully saturated rings. The Morgan fingerprint density at radius 2 is 1.09 bits per heavy atom. The Morgan fingerprint density at radius 3 is 1.47 bits per heavy atom. The average molecular weight is 455 g/mol. The molecule has 0 aliphatic heterocycles. The van der Waals surface area contributed by atoms with E-state index in [9.17, 15) is 19.2 Å².